The first-order valence-corrected chi connectivity index (χ1v) is 11.5. The fraction of sp³-hybridized carbons (Fsp3) is 0.783. The first-order valence-electron chi connectivity index (χ1n) is 11.5. The van der Waals surface area contributed by atoms with Gasteiger partial charge in [-0.3, -0.25) is 9.69 Å². The standard InChI is InChI=1S/C23H35N5O/c1-22-12-18-11-19(13-22)15-23(14-18,17-22)16-20(29)24-5-6-27-7-9-28(10-8-27)21-25-3-2-4-26-21/h2-4,18-19H,5-17H2,1H3,(H,24,29). The number of aromatic nitrogens is 2. The summed E-state index contributed by atoms with van der Waals surface area (Å²) in [6.07, 6.45) is 12.5. The molecule has 0 radical (unpaired) electrons. The zero-order valence-corrected chi connectivity index (χ0v) is 17.8. The van der Waals surface area contributed by atoms with Gasteiger partial charge in [0, 0.05) is 58.1 Å². The molecule has 2 atom stereocenters. The van der Waals surface area contributed by atoms with Gasteiger partial charge in [0.25, 0.3) is 0 Å². The summed E-state index contributed by atoms with van der Waals surface area (Å²) < 4.78 is 0. The van der Waals surface area contributed by atoms with Gasteiger partial charge in [-0.15, -0.1) is 0 Å². The molecule has 0 aromatic carbocycles. The second kappa shape index (κ2) is 7.53. The molecule has 1 amide bonds. The first kappa shape index (κ1) is 19.3. The Morgan fingerprint density at radius 3 is 2.45 bits per heavy atom. The largest absolute Gasteiger partial charge is 0.355 e. The lowest BCUT2D eigenvalue weighted by atomic mass is 9.44. The van der Waals surface area contributed by atoms with E-state index < -0.39 is 0 Å². The van der Waals surface area contributed by atoms with Crippen molar-refractivity contribution in [3.63, 3.8) is 0 Å². The summed E-state index contributed by atoms with van der Waals surface area (Å²) in [6.45, 7) is 8.08. The number of nitrogens with one attached hydrogen (secondary N) is 1. The highest BCUT2D eigenvalue weighted by atomic mass is 16.1. The van der Waals surface area contributed by atoms with Crippen molar-refractivity contribution in [3.05, 3.63) is 18.5 Å². The monoisotopic (exact) mass is 397 g/mol. The fourth-order valence-electron chi connectivity index (χ4n) is 7.52. The quantitative estimate of drug-likeness (QED) is 0.800. The van der Waals surface area contributed by atoms with Gasteiger partial charge < -0.3 is 10.2 Å². The minimum Gasteiger partial charge on any atom is -0.355 e. The van der Waals surface area contributed by atoms with Crippen molar-refractivity contribution in [2.45, 2.75) is 51.9 Å². The van der Waals surface area contributed by atoms with Gasteiger partial charge in [0.05, 0.1) is 0 Å². The number of rotatable bonds is 6. The molecule has 0 spiro atoms. The van der Waals surface area contributed by atoms with Crippen molar-refractivity contribution in [2.24, 2.45) is 22.7 Å². The molecule has 4 bridgehead atoms. The molecule has 29 heavy (non-hydrogen) atoms. The molecule has 4 aliphatic carbocycles. The topological polar surface area (TPSA) is 61.4 Å². The normalized spacial score (nSPS) is 36.4. The third-order valence-electron chi connectivity index (χ3n) is 7.97. The van der Waals surface area contributed by atoms with Crippen LogP contribution in [0.25, 0.3) is 0 Å². The maximum atomic E-state index is 12.8. The SMILES string of the molecule is CC12CC3CC(C1)CC(CC(=O)NCCN1CCN(c4ncccn4)CC1)(C3)C2. The molecule has 1 aromatic heterocycles. The Kier molecular flexibility index (Phi) is 5.01. The maximum Gasteiger partial charge on any atom is 0.225 e. The molecule has 6 heteroatoms. The van der Waals surface area contributed by atoms with Crippen LogP contribution in [0, 0.1) is 22.7 Å². The summed E-state index contributed by atoms with van der Waals surface area (Å²) in [4.78, 5) is 26.1. The third-order valence-corrected chi connectivity index (χ3v) is 7.97. The molecule has 5 aliphatic rings. The summed E-state index contributed by atoms with van der Waals surface area (Å²) >= 11 is 0. The van der Waals surface area contributed by atoms with Crippen LogP contribution in [0.4, 0.5) is 5.95 Å². The van der Waals surface area contributed by atoms with E-state index >= 15 is 0 Å². The van der Waals surface area contributed by atoms with Crippen LogP contribution >= 0.6 is 0 Å². The van der Waals surface area contributed by atoms with Crippen molar-refractivity contribution in [1.82, 2.24) is 20.2 Å². The molecule has 5 fully saturated rings. The van der Waals surface area contributed by atoms with Crippen molar-refractivity contribution < 1.29 is 4.79 Å². The van der Waals surface area contributed by atoms with Gasteiger partial charge in [-0.1, -0.05) is 6.92 Å². The molecule has 158 valence electrons. The molecule has 1 N–H and O–H groups in total. The summed E-state index contributed by atoms with van der Waals surface area (Å²) in [5, 5.41) is 3.24. The van der Waals surface area contributed by atoms with Crippen LogP contribution < -0.4 is 10.2 Å². The molecule has 4 saturated carbocycles. The number of anilines is 1. The predicted molar refractivity (Wildman–Crippen MR) is 114 cm³/mol. The van der Waals surface area contributed by atoms with Gasteiger partial charge in [-0.2, -0.15) is 0 Å². The predicted octanol–water partition coefficient (Wildman–Crippen LogP) is 2.71. The number of amides is 1. The number of hydrogen-bond donors (Lipinski definition) is 1. The Bertz CT molecular complexity index is 716. The van der Waals surface area contributed by atoms with E-state index in [0.29, 0.717) is 10.8 Å². The van der Waals surface area contributed by atoms with Gasteiger partial charge in [0.2, 0.25) is 11.9 Å². The van der Waals surface area contributed by atoms with Gasteiger partial charge in [-0.05, 0) is 67.3 Å². The lowest BCUT2D eigenvalue weighted by Crippen LogP contribution is -2.52. The van der Waals surface area contributed by atoms with Crippen molar-refractivity contribution in [2.75, 3.05) is 44.2 Å². The Morgan fingerprint density at radius 1 is 1.10 bits per heavy atom. The number of hydrogen-bond acceptors (Lipinski definition) is 5. The summed E-state index contributed by atoms with van der Waals surface area (Å²) in [5.41, 5.74) is 0.830. The fourth-order valence-corrected chi connectivity index (χ4v) is 7.52. The molecule has 2 unspecified atom stereocenters. The zero-order chi connectivity index (χ0) is 19.9. The number of carbonyl (C=O) groups is 1. The van der Waals surface area contributed by atoms with Crippen LogP contribution in [-0.4, -0.2) is 60.0 Å². The molecule has 1 saturated heterocycles. The minimum absolute atomic E-state index is 0.284. The average Bonchev–Trinajstić information content (AvgIpc) is 2.67. The molecule has 1 aromatic rings. The minimum atomic E-state index is 0.284. The summed E-state index contributed by atoms with van der Waals surface area (Å²) in [7, 11) is 0. The second-order valence-corrected chi connectivity index (χ2v) is 10.7. The molecule has 6 rings (SSSR count). The molecule has 6 nitrogen and oxygen atoms in total. The van der Waals surface area contributed by atoms with Crippen molar-refractivity contribution in [1.29, 1.82) is 0 Å². The van der Waals surface area contributed by atoms with E-state index in [-0.39, 0.29) is 5.91 Å². The van der Waals surface area contributed by atoms with Crippen LogP contribution in [0.1, 0.15) is 51.9 Å². The average molecular weight is 398 g/mol. The van der Waals surface area contributed by atoms with E-state index in [4.69, 9.17) is 0 Å². The third kappa shape index (κ3) is 4.14. The van der Waals surface area contributed by atoms with Crippen molar-refractivity contribution in [3.8, 4) is 0 Å². The summed E-state index contributed by atoms with van der Waals surface area (Å²) in [5.74, 6) is 2.88. The highest BCUT2D eigenvalue weighted by molar-refractivity contribution is 5.76. The van der Waals surface area contributed by atoms with Gasteiger partial charge in [0.1, 0.15) is 0 Å². The van der Waals surface area contributed by atoms with Crippen LogP contribution in [0.3, 0.4) is 0 Å². The Balaban J connectivity index is 1.05. The van der Waals surface area contributed by atoms with Gasteiger partial charge in [0.15, 0.2) is 0 Å². The number of carbonyl (C=O) groups excluding carboxylic acids is 1. The Hall–Kier alpha value is -1.69. The van der Waals surface area contributed by atoms with E-state index in [9.17, 15) is 4.79 Å². The molecule has 1 aliphatic heterocycles. The highest BCUT2D eigenvalue weighted by Crippen LogP contribution is 2.66. The molecular formula is C23H35N5O. The van der Waals surface area contributed by atoms with E-state index in [0.717, 1.165) is 63.5 Å². The van der Waals surface area contributed by atoms with Gasteiger partial charge >= 0.3 is 0 Å². The van der Waals surface area contributed by atoms with E-state index in [1.54, 1.807) is 12.4 Å². The molecular weight excluding hydrogens is 362 g/mol. The van der Waals surface area contributed by atoms with Gasteiger partial charge in [-0.25, -0.2) is 9.97 Å². The smallest absolute Gasteiger partial charge is 0.225 e. The zero-order valence-electron chi connectivity index (χ0n) is 17.8. The first-order chi connectivity index (χ1) is 14.0. The second-order valence-electron chi connectivity index (χ2n) is 10.7. The van der Waals surface area contributed by atoms with Crippen LogP contribution in [0.2, 0.25) is 0 Å². The summed E-state index contributed by atoms with van der Waals surface area (Å²) in [6, 6.07) is 1.85. The lowest BCUT2D eigenvalue weighted by molar-refractivity contribution is -0.136. The van der Waals surface area contributed by atoms with E-state index in [1.165, 1.54) is 38.5 Å². The Labute approximate surface area is 174 Å². The van der Waals surface area contributed by atoms with Crippen LogP contribution in [-0.2, 0) is 4.79 Å². The van der Waals surface area contributed by atoms with Crippen molar-refractivity contribution >= 4 is 11.9 Å². The number of nitrogens with zero attached hydrogens (tertiary/aromatic N) is 4. The Morgan fingerprint density at radius 2 is 1.79 bits per heavy atom. The van der Waals surface area contributed by atoms with E-state index in [1.807, 2.05) is 6.07 Å². The van der Waals surface area contributed by atoms with Crippen LogP contribution in [0.15, 0.2) is 18.5 Å². The van der Waals surface area contributed by atoms with E-state index in [2.05, 4.69) is 32.0 Å². The molecule has 2 heterocycles. The maximum absolute atomic E-state index is 12.8. The number of piperazine rings is 1. The van der Waals surface area contributed by atoms with Crippen LogP contribution in [0.5, 0.6) is 0 Å². The highest BCUT2D eigenvalue weighted by Gasteiger charge is 2.56. The lowest BCUT2D eigenvalue weighted by Gasteiger charge is -2.61.